The average Bonchev–Trinajstić information content (AvgIpc) is 2.89. The number of halogens is 3. The fourth-order valence-corrected chi connectivity index (χ4v) is 2.42. The first kappa shape index (κ1) is 19.6. The van der Waals surface area contributed by atoms with Crippen LogP contribution in [-0.2, 0) is 6.54 Å². The van der Waals surface area contributed by atoms with Crippen LogP contribution >= 0.6 is 0 Å². The molecule has 1 aromatic carbocycles. The average molecular weight is 396 g/mol. The lowest BCUT2D eigenvalue weighted by Crippen LogP contribution is -2.23. The van der Waals surface area contributed by atoms with Crippen LogP contribution in [0.3, 0.4) is 0 Å². The second kappa shape index (κ2) is 8.68. The number of fused-ring (bicyclic) bond motifs is 1. The molecule has 0 saturated heterocycles. The van der Waals surface area contributed by atoms with Crippen LogP contribution in [0.1, 0.15) is 12.0 Å². The minimum absolute atomic E-state index is 0.00438. The molecule has 0 atom stereocenters. The van der Waals surface area contributed by atoms with Crippen molar-refractivity contribution in [3.05, 3.63) is 42.1 Å². The lowest BCUT2D eigenvalue weighted by atomic mass is 10.2. The van der Waals surface area contributed by atoms with Crippen molar-refractivity contribution < 1.29 is 27.4 Å². The monoisotopic (exact) mass is 396 g/mol. The minimum atomic E-state index is -4.45. The van der Waals surface area contributed by atoms with E-state index in [9.17, 15) is 13.2 Å². The number of pyridine rings is 1. The fraction of sp³-hybridized carbons (Fsp3) is 0.333. The van der Waals surface area contributed by atoms with Crippen LogP contribution < -0.4 is 25.3 Å². The van der Waals surface area contributed by atoms with Crippen molar-refractivity contribution >= 4 is 11.6 Å². The summed E-state index contributed by atoms with van der Waals surface area (Å²) < 4.78 is 52.9. The van der Waals surface area contributed by atoms with E-state index in [2.05, 4.69) is 15.3 Å². The largest absolute Gasteiger partial charge is 0.490 e. The van der Waals surface area contributed by atoms with Crippen LogP contribution in [0.2, 0.25) is 0 Å². The molecule has 0 spiro atoms. The molecule has 2 aromatic rings. The molecule has 0 aliphatic carbocycles. The number of alkyl halides is 3. The number of aromatic nitrogens is 1. The summed E-state index contributed by atoms with van der Waals surface area (Å²) in [5.41, 5.74) is 6.91. The van der Waals surface area contributed by atoms with Gasteiger partial charge in [0.15, 0.2) is 24.1 Å². The summed E-state index contributed by atoms with van der Waals surface area (Å²) in [6.45, 7) is -0.273. The molecule has 10 heteroatoms. The van der Waals surface area contributed by atoms with Crippen molar-refractivity contribution in [2.75, 3.05) is 25.1 Å². The number of aliphatic imine (C=N–C) groups is 1. The van der Waals surface area contributed by atoms with E-state index in [-0.39, 0.29) is 18.4 Å². The van der Waals surface area contributed by atoms with Crippen LogP contribution in [0.25, 0.3) is 0 Å². The molecule has 3 N–H and O–H groups in total. The maximum atomic E-state index is 12.3. The maximum Gasteiger partial charge on any atom is 0.422 e. The molecule has 1 aromatic heterocycles. The van der Waals surface area contributed by atoms with Gasteiger partial charge in [0, 0.05) is 29.9 Å². The molecule has 7 nitrogen and oxygen atoms in total. The molecule has 1 aliphatic heterocycles. The van der Waals surface area contributed by atoms with Gasteiger partial charge < -0.3 is 25.3 Å². The highest BCUT2D eigenvalue weighted by Crippen LogP contribution is 2.32. The minimum Gasteiger partial charge on any atom is -0.490 e. The first-order chi connectivity index (χ1) is 13.4. The number of nitrogens with one attached hydrogen (secondary N) is 1. The normalized spacial score (nSPS) is 14.3. The molecular weight excluding hydrogens is 377 g/mol. The highest BCUT2D eigenvalue weighted by atomic mass is 19.4. The van der Waals surface area contributed by atoms with Crippen LogP contribution in [0, 0.1) is 0 Å². The van der Waals surface area contributed by atoms with Gasteiger partial charge in [-0.1, -0.05) is 6.07 Å². The van der Waals surface area contributed by atoms with E-state index in [1.54, 1.807) is 30.3 Å². The maximum absolute atomic E-state index is 12.3. The number of nitrogens with zero attached hydrogens (tertiary/aromatic N) is 2. The second-order valence-electron chi connectivity index (χ2n) is 5.91. The number of rotatable bonds is 5. The van der Waals surface area contributed by atoms with Gasteiger partial charge in [0.1, 0.15) is 0 Å². The number of anilines is 1. The van der Waals surface area contributed by atoms with Crippen LogP contribution in [0.15, 0.2) is 41.5 Å². The van der Waals surface area contributed by atoms with Crippen LogP contribution in [0.4, 0.5) is 18.9 Å². The van der Waals surface area contributed by atoms with Gasteiger partial charge in [0.25, 0.3) is 0 Å². The first-order valence-electron chi connectivity index (χ1n) is 8.51. The van der Waals surface area contributed by atoms with Crippen LogP contribution in [-0.4, -0.2) is 36.9 Å². The Hall–Kier alpha value is -3.17. The quantitative estimate of drug-likeness (QED) is 0.596. The van der Waals surface area contributed by atoms with Crippen molar-refractivity contribution in [1.82, 2.24) is 4.98 Å². The highest BCUT2D eigenvalue weighted by molar-refractivity contribution is 5.92. The third kappa shape index (κ3) is 5.66. The second-order valence-corrected chi connectivity index (χ2v) is 5.91. The fourth-order valence-electron chi connectivity index (χ4n) is 2.42. The smallest absolute Gasteiger partial charge is 0.422 e. The lowest BCUT2D eigenvalue weighted by Gasteiger charge is -2.12. The Morgan fingerprint density at radius 1 is 1.21 bits per heavy atom. The highest BCUT2D eigenvalue weighted by Gasteiger charge is 2.29. The summed E-state index contributed by atoms with van der Waals surface area (Å²) in [7, 11) is 0. The van der Waals surface area contributed by atoms with E-state index in [4.69, 9.17) is 19.9 Å². The van der Waals surface area contributed by atoms with Gasteiger partial charge in [-0.2, -0.15) is 13.2 Å². The van der Waals surface area contributed by atoms with Gasteiger partial charge in [-0.3, -0.25) is 0 Å². The molecule has 1 aliphatic rings. The number of hydrogen-bond donors (Lipinski definition) is 2. The third-order valence-electron chi connectivity index (χ3n) is 3.66. The van der Waals surface area contributed by atoms with Crippen molar-refractivity contribution in [1.29, 1.82) is 0 Å². The Morgan fingerprint density at radius 2 is 2.00 bits per heavy atom. The Labute approximate surface area is 159 Å². The Bertz CT molecular complexity index is 843. The molecular formula is C18H19F3N4O3. The molecule has 3 rings (SSSR count). The van der Waals surface area contributed by atoms with E-state index >= 15 is 0 Å². The predicted octanol–water partition coefficient (Wildman–Crippen LogP) is 3.11. The number of ether oxygens (including phenoxy) is 3. The molecule has 0 unspecified atom stereocenters. The summed E-state index contributed by atoms with van der Waals surface area (Å²) in [4.78, 5) is 7.95. The zero-order chi connectivity index (χ0) is 20.0. The number of nitrogens with two attached hydrogens (primary N) is 1. The summed E-state index contributed by atoms with van der Waals surface area (Å²) in [5.74, 6) is 1.21. The van der Waals surface area contributed by atoms with Gasteiger partial charge >= 0.3 is 6.18 Å². The molecule has 0 saturated carbocycles. The molecule has 2 heterocycles. The van der Waals surface area contributed by atoms with E-state index in [1.165, 1.54) is 6.20 Å². The third-order valence-corrected chi connectivity index (χ3v) is 3.66. The van der Waals surface area contributed by atoms with Crippen molar-refractivity contribution in [2.45, 2.75) is 19.1 Å². The standard InChI is InChI=1S/C18H19F3N4O3/c19-18(20,21)11-28-16-12(3-1-6-23-16)10-24-17(22)25-13-4-5-14-15(9-13)27-8-2-7-26-14/h1,3-6,9H,2,7-8,10-11H2,(H3,22,24,25). The predicted molar refractivity (Wildman–Crippen MR) is 96.8 cm³/mol. The van der Waals surface area contributed by atoms with E-state index in [0.29, 0.717) is 36.0 Å². The zero-order valence-corrected chi connectivity index (χ0v) is 14.8. The van der Waals surface area contributed by atoms with Gasteiger partial charge in [-0.25, -0.2) is 9.98 Å². The van der Waals surface area contributed by atoms with Crippen molar-refractivity contribution in [3.8, 4) is 17.4 Å². The summed E-state index contributed by atoms with van der Waals surface area (Å²) in [5, 5.41) is 2.91. The summed E-state index contributed by atoms with van der Waals surface area (Å²) in [6, 6.07) is 8.42. The van der Waals surface area contributed by atoms with Gasteiger partial charge in [-0.05, 0) is 18.2 Å². The topological polar surface area (TPSA) is 91.0 Å². The van der Waals surface area contributed by atoms with E-state index < -0.39 is 12.8 Å². The van der Waals surface area contributed by atoms with Crippen LogP contribution in [0.5, 0.6) is 17.4 Å². The number of hydrogen-bond acceptors (Lipinski definition) is 5. The molecule has 28 heavy (non-hydrogen) atoms. The van der Waals surface area contributed by atoms with Gasteiger partial charge in [0.2, 0.25) is 5.88 Å². The molecule has 150 valence electrons. The first-order valence-corrected chi connectivity index (χ1v) is 8.51. The Morgan fingerprint density at radius 3 is 2.79 bits per heavy atom. The lowest BCUT2D eigenvalue weighted by molar-refractivity contribution is -0.154. The molecule has 0 fully saturated rings. The number of benzene rings is 1. The number of guanidine groups is 1. The molecule has 0 amide bonds. The zero-order valence-electron chi connectivity index (χ0n) is 14.8. The SMILES string of the molecule is NC(=NCc1cccnc1OCC(F)(F)F)Nc1ccc2c(c1)OCCCO2. The Balaban J connectivity index is 1.64. The summed E-state index contributed by atoms with van der Waals surface area (Å²) >= 11 is 0. The van der Waals surface area contributed by atoms with E-state index in [0.717, 1.165) is 6.42 Å². The summed E-state index contributed by atoms with van der Waals surface area (Å²) in [6.07, 6.45) is -2.31. The Kier molecular flexibility index (Phi) is 6.07. The molecule has 0 radical (unpaired) electrons. The molecule has 0 bridgehead atoms. The van der Waals surface area contributed by atoms with E-state index in [1.807, 2.05) is 0 Å². The van der Waals surface area contributed by atoms with Gasteiger partial charge in [-0.15, -0.1) is 0 Å². The van der Waals surface area contributed by atoms with Crippen molar-refractivity contribution in [3.63, 3.8) is 0 Å². The van der Waals surface area contributed by atoms with Gasteiger partial charge in [0.05, 0.1) is 19.8 Å². The van der Waals surface area contributed by atoms with Crippen molar-refractivity contribution in [2.24, 2.45) is 10.7 Å².